The van der Waals surface area contributed by atoms with E-state index in [1.165, 1.54) is 12.8 Å². The van der Waals surface area contributed by atoms with Crippen LogP contribution in [-0.2, 0) is 20.7 Å². The summed E-state index contributed by atoms with van der Waals surface area (Å²) >= 11 is 0. The van der Waals surface area contributed by atoms with E-state index in [4.69, 9.17) is 15.2 Å². The van der Waals surface area contributed by atoms with Crippen LogP contribution in [0.2, 0.25) is 0 Å². The number of carbonyl (C=O) groups excluding carboxylic acids is 2. The van der Waals surface area contributed by atoms with Gasteiger partial charge in [0.1, 0.15) is 5.75 Å². The topological polar surface area (TPSA) is 90.7 Å². The van der Waals surface area contributed by atoms with Gasteiger partial charge in [-0.3, -0.25) is 9.59 Å². The number of primary amides is 1. The Balaban J connectivity index is 1.56. The molecule has 1 radical (unpaired) electrons. The van der Waals surface area contributed by atoms with Gasteiger partial charge in [0, 0.05) is 19.3 Å². The van der Waals surface area contributed by atoms with Crippen LogP contribution in [0.3, 0.4) is 0 Å². The van der Waals surface area contributed by atoms with Gasteiger partial charge in [-0.2, -0.15) is 0 Å². The largest absolute Gasteiger partial charge is 0.490 e. The maximum absolute atomic E-state index is 12.4. The lowest BCUT2D eigenvalue weighted by Gasteiger charge is -2.24. The number of hydrogen-bond acceptors (Lipinski definition) is 4. The van der Waals surface area contributed by atoms with Gasteiger partial charge >= 0.3 is 0 Å². The van der Waals surface area contributed by atoms with Crippen LogP contribution in [0.15, 0.2) is 24.3 Å². The van der Waals surface area contributed by atoms with Crippen LogP contribution in [0.5, 0.6) is 5.75 Å². The molecule has 6 nitrogen and oxygen atoms in total. The molecule has 141 valence electrons. The molecule has 3 rings (SSSR count). The van der Waals surface area contributed by atoms with E-state index in [-0.39, 0.29) is 24.3 Å². The fraction of sp³-hybridized carbons (Fsp3) is 0.550. The van der Waals surface area contributed by atoms with Crippen molar-refractivity contribution in [2.24, 2.45) is 5.73 Å². The fourth-order valence-corrected chi connectivity index (χ4v) is 3.48. The van der Waals surface area contributed by atoms with Gasteiger partial charge in [0.15, 0.2) is 5.92 Å². The molecular formula is C20H27N2O4. The van der Waals surface area contributed by atoms with Crippen LogP contribution in [0.25, 0.3) is 0 Å². The molecule has 3 N–H and O–H groups in total. The van der Waals surface area contributed by atoms with Crippen LogP contribution in [0, 0.1) is 5.92 Å². The fourth-order valence-electron chi connectivity index (χ4n) is 3.48. The first-order chi connectivity index (χ1) is 12.6. The first-order valence-electron chi connectivity index (χ1n) is 9.41. The molecule has 1 aliphatic carbocycles. The molecule has 0 atom stereocenters. The molecule has 2 aliphatic rings. The van der Waals surface area contributed by atoms with Crippen molar-refractivity contribution in [1.29, 1.82) is 0 Å². The maximum Gasteiger partial charge on any atom is 0.237 e. The Kier molecular flexibility index (Phi) is 6.50. The number of nitrogens with two attached hydrogens (primary N) is 1. The monoisotopic (exact) mass is 359 g/mol. The Morgan fingerprint density at radius 1 is 1.08 bits per heavy atom. The summed E-state index contributed by atoms with van der Waals surface area (Å²) in [5.41, 5.74) is 6.30. The molecule has 0 bridgehead atoms. The summed E-state index contributed by atoms with van der Waals surface area (Å²) in [7, 11) is 0. The standard InChI is InChI=1S/C20H27N2O4/c21-19(23)18(20(24)22-15-9-11-25-12-10-15)13-14-5-7-17(8-6-14)26-16-3-1-2-4-16/h5-8,15-16H,1-4,9-13H2,(H2,21,23)(H,22,24). The minimum absolute atomic E-state index is 0.0350. The lowest BCUT2D eigenvalue weighted by Crippen LogP contribution is -2.45. The summed E-state index contributed by atoms with van der Waals surface area (Å²) in [6.07, 6.45) is 6.69. The van der Waals surface area contributed by atoms with Gasteiger partial charge in [0.2, 0.25) is 11.8 Å². The molecule has 1 saturated carbocycles. The number of nitrogens with one attached hydrogen (secondary N) is 1. The SMILES string of the molecule is NC(=O)[C](Cc1ccc(OC2CCCC2)cc1)C(=O)NC1CCOCC1. The predicted octanol–water partition coefficient (Wildman–Crippen LogP) is 1.91. The molecule has 1 aliphatic heterocycles. The van der Waals surface area contributed by atoms with Crippen molar-refractivity contribution in [2.45, 2.75) is 57.1 Å². The van der Waals surface area contributed by atoms with Gasteiger partial charge in [-0.25, -0.2) is 0 Å². The zero-order chi connectivity index (χ0) is 18.4. The number of ether oxygens (including phenoxy) is 2. The zero-order valence-corrected chi connectivity index (χ0v) is 15.0. The van der Waals surface area contributed by atoms with Gasteiger partial charge < -0.3 is 20.5 Å². The Morgan fingerprint density at radius 2 is 1.73 bits per heavy atom. The first-order valence-corrected chi connectivity index (χ1v) is 9.41. The molecule has 0 spiro atoms. The molecule has 2 amide bonds. The van der Waals surface area contributed by atoms with Crippen LogP contribution in [0.1, 0.15) is 44.1 Å². The highest BCUT2D eigenvalue weighted by atomic mass is 16.5. The molecule has 1 saturated heterocycles. The average Bonchev–Trinajstić information content (AvgIpc) is 3.14. The second-order valence-corrected chi connectivity index (χ2v) is 7.05. The van der Waals surface area contributed by atoms with E-state index in [0.717, 1.165) is 37.0 Å². The summed E-state index contributed by atoms with van der Waals surface area (Å²) < 4.78 is 11.2. The Hall–Kier alpha value is -2.08. The van der Waals surface area contributed by atoms with E-state index in [9.17, 15) is 9.59 Å². The minimum atomic E-state index is -0.680. The lowest BCUT2D eigenvalue weighted by molar-refractivity contribution is -0.126. The van der Waals surface area contributed by atoms with Crippen LogP contribution in [-0.4, -0.2) is 37.2 Å². The normalized spacial score (nSPS) is 18.8. The van der Waals surface area contributed by atoms with Crippen molar-refractivity contribution >= 4 is 11.8 Å². The Labute approximate surface area is 154 Å². The lowest BCUT2D eigenvalue weighted by atomic mass is 9.96. The molecule has 0 unspecified atom stereocenters. The van der Waals surface area contributed by atoms with Crippen molar-refractivity contribution in [3.63, 3.8) is 0 Å². The molecule has 26 heavy (non-hydrogen) atoms. The van der Waals surface area contributed by atoms with Gasteiger partial charge in [-0.05, 0) is 62.6 Å². The average molecular weight is 359 g/mol. The number of rotatable bonds is 7. The van der Waals surface area contributed by atoms with Crippen LogP contribution < -0.4 is 15.8 Å². The Bertz CT molecular complexity index is 605. The third-order valence-corrected chi connectivity index (χ3v) is 5.04. The molecule has 6 heteroatoms. The van der Waals surface area contributed by atoms with Crippen molar-refractivity contribution in [2.75, 3.05) is 13.2 Å². The summed E-state index contributed by atoms with van der Waals surface area (Å²) in [6, 6.07) is 7.59. The number of amides is 2. The molecule has 0 aromatic heterocycles. The zero-order valence-electron chi connectivity index (χ0n) is 15.0. The summed E-state index contributed by atoms with van der Waals surface area (Å²) in [4.78, 5) is 24.2. The number of carbonyl (C=O) groups is 2. The smallest absolute Gasteiger partial charge is 0.237 e. The molecule has 1 aromatic carbocycles. The van der Waals surface area contributed by atoms with E-state index in [1.807, 2.05) is 24.3 Å². The highest BCUT2D eigenvalue weighted by molar-refractivity contribution is 6.14. The van der Waals surface area contributed by atoms with Crippen LogP contribution >= 0.6 is 0 Å². The predicted molar refractivity (Wildman–Crippen MR) is 97.5 cm³/mol. The van der Waals surface area contributed by atoms with E-state index in [2.05, 4.69) is 5.32 Å². The molecular weight excluding hydrogens is 332 g/mol. The van der Waals surface area contributed by atoms with Gasteiger partial charge in [0.05, 0.1) is 6.10 Å². The third kappa shape index (κ3) is 5.21. The number of hydrogen-bond donors (Lipinski definition) is 2. The number of benzene rings is 1. The van der Waals surface area contributed by atoms with Gasteiger partial charge in [0.25, 0.3) is 0 Å². The first kappa shape index (κ1) is 18.7. The molecule has 1 aromatic rings. The van der Waals surface area contributed by atoms with Crippen LogP contribution in [0.4, 0.5) is 0 Å². The molecule has 2 fully saturated rings. The van der Waals surface area contributed by atoms with Gasteiger partial charge in [-0.15, -0.1) is 0 Å². The van der Waals surface area contributed by atoms with E-state index < -0.39 is 5.91 Å². The van der Waals surface area contributed by atoms with Crippen molar-refractivity contribution in [3.8, 4) is 5.75 Å². The minimum Gasteiger partial charge on any atom is -0.490 e. The highest BCUT2D eigenvalue weighted by Gasteiger charge is 2.28. The quantitative estimate of drug-likeness (QED) is 0.728. The third-order valence-electron chi connectivity index (χ3n) is 5.04. The second-order valence-electron chi connectivity index (χ2n) is 7.05. The highest BCUT2D eigenvalue weighted by Crippen LogP contribution is 2.25. The second kappa shape index (κ2) is 9.03. The van der Waals surface area contributed by atoms with Crippen molar-refractivity contribution in [1.82, 2.24) is 5.32 Å². The Morgan fingerprint density at radius 3 is 2.35 bits per heavy atom. The van der Waals surface area contributed by atoms with Crippen molar-refractivity contribution < 1.29 is 19.1 Å². The van der Waals surface area contributed by atoms with E-state index in [0.29, 0.717) is 19.3 Å². The maximum atomic E-state index is 12.4. The van der Waals surface area contributed by atoms with Crippen molar-refractivity contribution in [3.05, 3.63) is 35.7 Å². The summed E-state index contributed by atoms with van der Waals surface area (Å²) in [5.74, 6) is -0.148. The molecule has 1 heterocycles. The van der Waals surface area contributed by atoms with E-state index in [1.54, 1.807) is 0 Å². The summed E-state index contributed by atoms with van der Waals surface area (Å²) in [6.45, 7) is 1.25. The van der Waals surface area contributed by atoms with Gasteiger partial charge in [-0.1, -0.05) is 12.1 Å². The van der Waals surface area contributed by atoms with E-state index >= 15 is 0 Å². The summed E-state index contributed by atoms with van der Waals surface area (Å²) in [5, 5.41) is 2.90.